The molecule has 0 aromatic heterocycles. The van der Waals surface area contributed by atoms with Crippen LogP contribution in [0.4, 0.5) is 5.69 Å². The summed E-state index contributed by atoms with van der Waals surface area (Å²) in [5.41, 5.74) is 1.62. The largest absolute Gasteiger partial charge is 0.241 e. The first-order valence-corrected chi connectivity index (χ1v) is 8.04. The zero-order valence-electron chi connectivity index (χ0n) is 9.24. The molecule has 90 valence electrons. The van der Waals surface area contributed by atoms with Crippen LogP contribution in [-0.2, 0) is 10.0 Å². The Bertz CT molecular complexity index is 486. The van der Waals surface area contributed by atoms with Gasteiger partial charge in [-0.15, -0.1) is 0 Å². The van der Waals surface area contributed by atoms with E-state index in [4.69, 9.17) is 0 Å². The van der Waals surface area contributed by atoms with E-state index in [1.807, 2.05) is 26.0 Å². The number of halogens is 2. The number of benzene rings is 1. The predicted octanol–water partition coefficient (Wildman–Crippen LogP) is 3.65. The van der Waals surface area contributed by atoms with E-state index >= 15 is 0 Å². The molecule has 0 unspecified atom stereocenters. The van der Waals surface area contributed by atoms with E-state index in [2.05, 4.69) is 32.1 Å². The van der Waals surface area contributed by atoms with E-state index < -0.39 is 10.0 Å². The molecule has 1 aromatic carbocycles. The van der Waals surface area contributed by atoms with Gasteiger partial charge in [-0.05, 0) is 29.7 Å². The molecule has 0 saturated carbocycles. The quantitative estimate of drug-likeness (QED) is 0.761. The first-order chi connectivity index (χ1) is 7.23. The lowest BCUT2D eigenvalue weighted by Gasteiger charge is -2.20. The van der Waals surface area contributed by atoms with Crippen LogP contribution in [0.1, 0.15) is 25.3 Å². The highest BCUT2D eigenvalue weighted by atomic mass is 79.9. The molecule has 0 aliphatic carbocycles. The summed E-state index contributed by atoms with van der Waals surface area (Å²) in [5.74, 6) is 0.245. The van der Waals surface area contributed by atoms with Crippen LogP contribution in [-0.4, -0.2) is 14.7 Å². The second kappa shape index (κ2) is 5.06. The molecule has 0 spiro atoms. The summed E-state index contributed by atoms with van der Waals surface area (Å²) in [4.78, 5) is 0. The lowest BCUT2D eigenvalue weighted by molar-refractivity contribution is 0.604. The third-order valence-corrected chi connectivity index (χ3v) is 5.32. The molecule has 0 atom stereocenters. The van der Waals surface area contributed by atoms with E-state index in [-0.39, 0.29) is 5.92 Å². The second-order valence-corrected chi connectivity index (χ2v) is 7.76. The number of nitrogens with zero attached hydrogens (tertiary/aromatic N) is 1. The van der Waals surface area contributed by atoms with E-state index in [1.54, 1.807) is 6.07 Å². The molecule has 0 fully saturated rings. The van der Waals surface area contributed by atoms with Gasteiger partial charge in [0.15, 0.2) is 0 Å². The molecule has 0 N–H and O–H groups in total. The molecule has 0 saturated heterocycles. The molecular formula is C10H13Br2NO2S. The van der Waals surface area contributed by atoms with Gasteiger partial charge in [0.25, 0.3) is 0 Å². The van der Waals surface area contributed by atoms with E-state index in [9.17, 15) is 8.42 Å². The maximum absolute atomic E-state index is 11.5. The number of hydrogen-bond acceptors (Lipinski definition) is 2. The summed E-state index contributed by atoms with van der Waals surface area (Å²) >= 11 is 6.46. The Morgan fingerprint density at radius 3 is 2.31 bits per heavy atom. The highest BCUT2D eigenvalue weighted by Gasteiger charge is 2.19. The maximum Gasteiger partial charge on any atom is 0.241 e. The number of anilines is 1. The van der Waals surface area contributed by atoms with Gasteiger partial charge in [-0.2, -0.15) is 0 Å². The highest BCUT2D eigenvalue weighted by Crippen LogP contribution is 2.33. The average Bonchev–Trinajstić information content (AvgIpc) is 2.15. The van der Waals surface area contributed by atoms with E-state index in [0.717, 1.165) is 19.6 Å². The van der Waals surface area contributed by atoms with Crippen molar-refractivity contribution in [1.29, 1.82) is 0 Å². The molecule has 6 heteroatoms. The molecule has 0 radical (unpaired) electrons. The van der Waals surface area contributed by atoms with E-state index in [1.165, 1.54) is 0 Å². The van der Waals surface area contributed by atoms with Crippen molar-refractivity contribution >= 4 is 47.8 Å². The molecule has 16 heavy (non-hydrogen) atoms. The fourth-order valence-electron chi connectivity index (χ4n) is 1.33. The van der Waals surface area contributed by atoms with Crippen LogP contribution in [0.25, 0.3) is 0 Å². The van der Waals surface area contributed by atoms with Crippen LogP contribution in [0.5, 0.6) is 0 Å². The summed E-state index contributed by atoms with van der Waals surface area (Å²) < 4.78 is 25.0. The summed E-state index contributed by atoms with van der Waals surface area (Å²) in [5, 5.41) is 0. The minimum Gasteiger partial charge on any atom is -0.206 e. The number of sulfonamides is 1. The number of hydrogen-bond donors (Lipinski definition) is 0. The molecule has 0 amide bonds. The van der Waals surface area contributed by atoms with Crippen molar-refractivity contribution in [3.8, 4) is 0 Å². The van der Waals surface area contributed by atoms with Gasteiger partial charge in [0.1, 0.15) is 0 Å². The van der Waals surface area contributed by atoms with Crippen LogP contribution in [0.2, 0.25) is 0 Å². The van der Waals surface area contributed by atoms with Crippen molar-refractivity contribution in [2.75, 3.05) is 9.59 Å². The van der Waals surface area contributed by atoms with Gasteiger partial charge in [0.2, 0.25) is 10.0 Å². The Balaban J connectivity index is 3.34. The van der Waals surface area contributed by atoms with Crippen LogP contribution < -0.4 is 3.33 Å². The van der Waals surface area contributed by atoms with Crippen LogP contribution >= 0.6 is 32.1 Å². The summed E-state index contributed by atoms with van der Waals surface area (Å²) in [7, 11) is -3.29. The molecule has 0 aliphatic heterocycles. The lowest BCUT2D eigenvalue weighted by Crippen LogP contribution is -2.20. The van der Waals surface area contributed by atoms with Gasteiger partial charge in [-0.1, -0.05) is 29.8 Å². The van der Waals surface area contributed by atoms with Crippen LogP contribution in [0, 0.1) is 0 Å². The molecule has 0 aliphatic rings. The molecular weight excluding hydrogens is 358 g/mol. The standard InChI is InChI=1S/C10H13Br2NO2S/c1-7(2)9-6-8(11)4-5-10(9)13(12)16(3,14)15/h4-7H,1-3H3. The Kier molecular flexibility index (Phi) is 4.42. The second-order valence-electron chi connectivity index (χ2n) is 3.84. The van der Waals surface area contributed by atoms with Crippen molar-refractivity contribution < 1.29 is 8.42 Å². The smallest absolute Gasteiger partial charge is 0.206 e. The van der Waals surface area contributed by atoms with Crippen molar-refractivity contribution in [2.45, 2.75) is 19.8 Å². The number of rotatable bonds is 3. The third-order valence-electron chi connectivity index (χ3n) is 2.09. The van der Waals surface area contributed by atoms with Gasteiger partial charge in [-0.3, -0.25) is 0 Å². The van der Waals surface area contributed by atoms with Gasteiger partial charge in [0.05, 0.1) is 28.1 Å². The van der Waals surface area contributed by atoms with Gasteiger partial charge < -0.3 is 0 Å². The van der Waals surface area contributed by atoms with Gasteiger partial charge in [-0.25, -0.2) is 11.7 Å². The van der Waals surface area contributed by atoms with Crippen molar-refractivity contribution in [1.82, 2.24) is 0 Å². The van der Waals surface area contributed by atoms with Crippen LogP contribution in [0.3, 0.4) is 0 Å². The topological polar surface area (TPSA) is 37.4 Å². The van der Waals surface area contributed by atoms with Crippen molar-refractivity contribution in [3.63, 3.8) is 0 Å². The van der Waals surface area contributed by atoms with Gasteiger partial charge in [0, 0.05) is 4.47 Å². The van der Waals surface area contributed by atoms with Crippen molar-refractivity contribution in [2.24, 2.45) is 0 Å². The fraction of sp³-hybridized carbons (Fsp3) is 0.400. The monoisotopic (exact) mass is 369 g/mol. The van der Waals surface area contributed by atoms with Gasteiger partial charge >= 0.3 is 0 Å². The predicted molar refractivity (Wildman–Crippen MR) is 74.5 cm³/mol. The normalized spacial score (nSPS) is 11.9. The Morgan fingerprint density at radius 2 is 1.88 bits per heavy atom. The first-order valence-electron chi connectivity index (χ1n) is 4.69. The minimum absolute atomic E-state index is 0.245. The molecule has 0 heterocycles. The summed E-state index contributed by atoms with van der Waals surface area (Å²) in [6, 6.07) is 5.52. The van der Waals surface area contributed by atoms with E-state index in [0.29, 0.717) is 5.69 Å². The SMILES string of the molecule is CC(C)c1cc(Br)ccc1N(Br)S(C)(=O)=O. The maximum atomic E-state index is 11.5. The Morgan fingerprint density at radius 1 is 1.31 bits per heavy atom. The third kappa shape index (κ3) is 3.21. The Hall–Kier alpha value is -0.0700. The minimum atomic E-state index is -3.29. The van der Waals surface area contributed by atoms with Crippen molar-refractivity contribution in [3.05, 3.63) is 28.2 Å². The molecule has 1 aromatic rings. The summed E-state index contributed by atoms with van der Waals surface area (Å²) in [6.07, 6.45) is 1.16. The lowest BCUT2D eigenvalue weighted by atomic mass is 10.0. The fourth-order valence-corrected chi connectivity index (χ4v) is 2.55. The zero-order valence-corrected chi connectivity index (χ0v) is 13.2. The molecule has 1 rings (SSSR count). The average molecular weight is 371 g/mol. The van der Waals surface area contributed by atoms with Crippen LogP contribution in [0.15, 0.2) is 22.7 Å². The molecule has 3 nitrogen and oxygen atoms in total. The Labute approximate surface area is 113 Å². The highest BCUT2D eigenvalue weighted by molar-refractivity contribution is 9.11. The molecule has 0 bridgehead atoms. The zero-order chi connectivity index (χ0) is 12.5. The summed E-state index contributed by atoms with van der Waals surface area (Å²) in [6.45, 7) is 4.04. The first kappa shape index (κ1) is 14.0.